The van der Waals surface area contributed by atoms with Gasteiger partial charge in [0.05, 0.1) is 0 Å². The summed E-state index contributed by atoms with van der Waals surface area (Å²) in [4.78, 5) is 15.4. The van der Waals surface area contributed by atoms with E-state index in [0.29, 0.717) is 17.5 Å². The first kappa shape index (κ1) is 36.0. The number of furan rings is 2. The van der Waals surface area contributed by atoms with Crippen LogP contribution in [0.3, 0.4) is 0 Å². The van der Waals surface area contributed by atoms with E-state index >= 15 is 0 Å². The standard InChI is InChI=1S/C59H35N3O2/c1-2-10-36(11-3-1)38-18-23-40(24-19-38)57-60-58(62-59(61-57)46-28-29-49-48-16-8-9-17-52(48)63-53(49)34-46)41-25-21-39(22-26-41)50-32-47(45-27-20-37-12-4-5-13-42(37)30-45)35-55-56(50)51-31-43-14-6-7-15-44(43)33-54(51)64-55/h1-35H. The molecule has 0 saturated carbocycles. The summed E-state index contributed by atoms with van der Waals surface area (Å²) < 4.78 is 13.0. The zero-order valence-electron chi connectivity index (χ0n) is 34.4. The van der Waals surface area contributed by atoms with Gasteiger partial charge in [0.25, 0.3) is 0 Å². The molecule has 0 aliphatic carbocycles. The van der Waals surface area contributed by atoms with E-state index in [1.807, 2.05) is 30.3 Å². The third-order valence-corrected chi connectivity index (χ3v) is 12.5. The second-order valence-corrected chi connectivity index (χ2v) is 16.4. The summed E-state index contributed by atoms with van der Waals surface area (Å²) >= 11 is 0. The molecule has 0 unspecified atom stereocenters. The highest BCUT2D eigenvalue weighted by atomic mass is 16.3. The number of nitrogens with zero attached hydrogens (tertiary/aromatic N) is 3. The van der Waals surface area contributed by atoms with Crippen LogP contribution >= 0.6 is 0 Å². The number of aromatic nitrogens is 3. The van der Waals surface area contributed by atoms with Crippen LogP contribution < -0.4 is 0 Å². The fourth-order valence-corrected chi connectivity index (χ4v) is 9.22. The Morgan fingerprint density at radius 2 is 0.750 bits per heavy atom. The topological polar surface area (TPSA) is 65.0 Å². The van der Waals surface area contributed by atoms with Crippen LogP contribution in [0.2, 0.25) is 0 Å². The molecule has 0 aliphatic rings. The lowest BCUT2D eigenvalue weighted by Gasteiger charge is -2.11. The number of hydrogen-bond donors (Lipinski definition) is 0. The van der Waals surface area contributed by atoms with Crippen molar-refractivity contribution in [2.24, 2.45) is 0 Å². The van der Waals surface area contributed by atoms with Crippen LogP contribution in [-0.4, -0.2) is 15.0 Å². The molecule has 64 heavy (non-hydrogen) atoms. The molecule has 298 valence electrons. The minimum atomic E-state index is 0.570. The second kappa shape index (κ2) is 14.5. The van der Waals surface area contributed by atoms with Gasteiger partial charge in [0.1, 0.15) is 22.3 Å². The van der Waals surface area contributed by atoms with Crippen LogP contribution in [0.5, 0.6) is 0 Å². The number of hydrogen-bond acceptors (Lipinski definition) is 5. The number of para-hydroxylation sites is 1. The first-order chi connectivity index (χ1) is 31.6. The molecular formula is C59H35N3O2. The maximum absolute atomic E-state index is 6.72. The van der Waals surface area contributed by atoms with Gasteiger partial charge < -0.3 is 8.83 Å². The normalized spacial score (nSPS) is 11.8. The highest BCUT2D eigenvalue weighted by molar-refractivity contribution is 6.17. The molecule has 0 saturated heterocycles. The molecule has 3 heterocycles. The average Bonchev–Trinajstić information content (AvgIpc) is 3.92. The first-order valence-electron chi connectivity index (χ1n) is 21.5. The molecule has 3 aromatic heterocycles. The van der Waals surface area contributed by atoms with Gasteiger partial charge in [0.15, 0.2) is 17.5 Å². The zero-order chi connectivity index (χ0) is 42.1. The van der Waals surface area contributed by atoms with E-state index in [1.165, 1.54) is 16.2 Å². The Morgan fingerprint density at radius 1 is 0.250 bits per heavy atom. The fraction of sp³-hybridized carbons (Fsp3) is 0. The van der Waals surface area contributed by atoms with Crippen molar-refractivity contribution in [3.8, 4) is 67.5 Å². The predicted octanol–water partition coefficient (Wildman–Crippen LogP) is 16.0. The highest BCUT2D eigenvalue weighted by Crippen LogP contribution is 2.42. The number of rotatable bonds is 6. The molecule has 13 rings (SSSR count). The van der Waals surface area contributed by atoms with Gasteiger partial charge in [-0.15, -0.1) is 0 Å². The molecule has 5 nitrogen and oxygen atoms in total. The van der Waals surface area contributed by atoms with Gasteiger partial charge in [0.2, 0.25) is 0 Å². The van der Waals surface area contributed by atoms with Crippen molar-refractivity contribution in [1.82, 2.24) is 15.0 Å². The molecule has 0 fully saturated rings. The summed E-state index contributed by atoms with van der Waals surface area (Å²) in [5.74, 6) is 1.74. The number of benzene rings is 10. The lowest BCUT2D eigenvalue weighted by Crippen LogP contribution is -2.00. The average molecular weight is 818 g/mol. The van der Waals surface area contributed by atoms with Crippen molar-refractivity contribution < 1.29 is 8.83 Å². The molecule has 0 bridgehead atoms. The lowest BCUT2D eigenvalue weighted by atomic mass is 9.93. The van der Waals surface area contributed by atoms with Crippen molar-refractivity contribution in [2.45, 2.75) is 0 Å². The Kier molecular flexibility index (Phi) is 8.15. The van der Waals surface area contributed by atoms with Crippen LogP contribution in [0.15, 0.2) is 221 Å². The Bertz CT molecular complexity index is 3940. The van der Waals surface area contributed by atoms with Crippen molar-refractivity contribution in [2.75, 3.05) is 0 Å². The molecule has 0 atom stereocenters. The van der Waals surface area contributed by atoms with E-state index in [1.54, 1.807) is 0 Å². The molecule has 13 aromatic rings. The maximum atomic E-state index is 6.72. The smallest absolute Gasteiger partial charge is 0.164 e. The largest absolute Gasteiger partial charge is 0.456 e. The third-order valence-electron chi connectivity index (χ3n) is 12.5. The van der Waals surface area contributed by atoms with E-state index in [2.05, 4.69) is 182 Å². The van der Waals surface area contributed by atoms with Gasteiger partial charge in [-0.3, -0.25) is 0 Å². The Labute approximate surface area is 367 Å². The minimum absolute atomic E-state index is 0.570. The first-order valence-corrected chi connectivity index (χ1v) is 21.5. The lowest BCUT2D eigenvalue weighted by molar-refractivity contribution is 0.669. The van der Waals surface area contributed by atoms with Crippen LogP contribution in [0.25, 0.3) is 133 Å². The fourth-order valence-electron chi connectivity index (χ4n) is 9.22. The van der Waals surface area contributed by atoms with Crippen LogP contribution in [-0.2, 0) is 0 Å². The van der Waals surface area contributed by atoms with Crippen molar-refractivity contribution in [3.05, 3.63) is 212 Å². The van der Waals surface area contributed by atoms with E-state index in [-0.39, 0.29) is 0 Å². The second-order valence-electron chi connectivity index (χ2n) is 16.4. The molecule has 0 N–H and O–H groups in total. The summed E-state index contributed by atoms with van der Waals surface area (Å²) in [5, 5.41) is 9.04. The van der Waals surface area contributed by atoms with E-state index in [0.717, 1.165) is 99.3 Å². The molecule has 10 aromatic carbocycles. The molecule has 0 amide bonds. The van der Waals surface area contributed by atoms with E-state index < -0.39 is 0 Å². The highest BCUT2D eigenvalue weighted by Gasteiger charge is 2.19. The summed E-state index contributed by atoms with van der Waals surface area (Å²) in [6.45, 7) is 0. The molecule has 0 aliphatic heterocycles. The molecule has 0 radical (unpaired) electrons. The van der Waals surface area contributed by atoms with Crippen LogP contribution in [0.4, 0.5) is 0 Å². The van der Waals surface area contributed by atoms with Gasteiger partial charge in [-0.2, -0.15) is 0 Å². The monoisotopic (exact) mass is 817 g/mol. The van der Waals surface area contributed by atoms with E-state index in [9.17, 15) is 0 Å². The predicted molar refractivity (Wildman–Crippen MR) is 262 cm³/mol. The third kappa shape index (κ3) is 6.13. The van der Waals surface area contributed by atoms with Crippen LogP contribution in [0, 0.1) is 0 Å². The Balaban J connectivity index is 0.957. The number of fused-ring (bicyclic) bond motifs is 8. The van der Waals surface area contributed by atoms with Gasteiger partial charge in [-0.05, 0) is 103 Å². The Hall–Kier alpha value is -8.67. The van der Waals surface area contributed by atoms with E-state index in [4.69, 9.17) is 23.8 Å². The summed E-state index contributed by atoms with van der Waals surface area (Å²) in [6, 6.07) is 74.2. The van der Waals surface area contributed by atoms with Crippen molar-refractivity contribution >= 4 is 65.4 Å². The van der Waals surface area contributed by atoms with Gasteiger partial charge in [-0.1, -0.05) is 164 Å². The van der Waals surface area contributed by atoms with Gasteiger partial charge in [0, 0.05) is 38.2 Å². The maximum Gasteiger partial charge on any atom is 0.164 e. The van der Waals surface area contributed by atoms with Gasteiger partial charge in [-0.25, -0.2) is 15.0 Å². The molecule has 0 spiro atoms. The minimum Gasteiger partial charge on any atom is -0.456 e. The summed E-state index contributed by atoms with van der Waals surface area (Å²) in [6.07, 6.45) is 0. The van der Waals surface area contributed by atoms with Crippen molar-refractivity contribution in [3.63, 3.8) is 0 Å². The molecular weight excluding hydrogens is 783 g/mol. The Morgan fingerprint density at radius 3 is 1.50 bits per heavy atom. The molecule has 5 heteroatoms. The van der Waals surface area contributed by atoms with Gasteiger partial charge >= 0.3 is 0 Å². The SMILES string of the molecule is c1ccc(-c2ccc(-c3nc(-c4ccc(-c5cc(-c6ccc7ccccc7c6)cc6oc7cc8ccccc8cc7c56)cc4)nc(-c4ccc5c(c4)oc4ccccc45)n3)cc2)cc1. The quantitative estimate of drug-likeness (QED) is 0.167. The van der Waals surface area contributed by atoms with Crippen molar-refractivity contribution in [1.29, 1.82) is 0 Å². The zero-order valence-corrected chi connectivity index (χ0v) is 34.4. The summed E-state index contributed by atoms with van der Waals surface area (Å²) in [7, 11) is 0. The summed E-state index contributed by atoms with van der Waals surface area (Å²) in [5.41, 5.74) is 12.6. The van der Waals surface area contributed by atoms with Crippen LogP contribution in [0.1, 0.15) is 0 Å².